The molecular weight excluding hydrogens is 560 g/mol. The van der Waals surface area contributed by atoms with Crippen molar-refractivity contribution in [3.63, 3.8) is 0 Å². The van der Waals surface area contributed by atoms with Gasteiger partial charge in [0.25, 0.3) is 0 Å². The summed E-state index contributed by atoms with van der Waals surface area (Å²) in [5.41, 5.74) is 6.06. The molecule has 0 aromatic heterocycles. The second kappa shape index (κ2) is 15.1. The zero-order valence-electron chi connectivity index (χ0n) is 26.9. The third-order valence-electron chi connectivity index (χ3n) is 7.68. The number of ether oxygens (including phenoxy) is 8. The van der Waals surface area contributed by atoms with Gasteiger partial charge in [0.15, 0.2) is 0 Å². The third-order valence-corrected chi connectivity index (χ3v) is 7.68. The average molecular weight is 603 g/mol. The van der Waals surface area contributed by atoms with Crippen molar-refractivity contribution in [2.24, 2.45) is 0 Å². The molecule has 0 amide bonds. The van der Waals surface area contributed by atoms with Gasteiger partial charge in [0.2, 0.25) is 0 Å². The van der Waals surface area contributed by atoms with Gasteiger partial charge in [0.05, 0.1) is 56.9 Å². The molecule has 8 heteroatoms. The predicted molar refractivity (Wildman–Crippen MR) is 172 cm³/mol. The lowest BCUT2D eigenvalue weighted by atomic mass is 9.94. The van der Waals surface area contributed by atoms with E-state index in [1.165, 1.54) is 0 Å². The van der Waals surface area contributed by atoms with E-state index in [2.05, 4.69) is 12.1 Å². The molecule has 4 rings (SSSR count). The minimum absolute atomic E-state index is 0.681. The Balaban J connectivity index is 1.73. The Morgan fingerprint density at radius 1 is 0.318 bits per heavy atom. The van der Waals surface area contributed by atoms with Gasteiger partial charge < -0.3 is 37.9 Å². The summed E-state index contributed by atoms with van der Waals surface area (Å²) in [4.78, 5) is 0. The van der Waals surface area contributed by atoms with E-state index in [9.17, 15) is 0 Å². The van der Waals surface area contributed by atoms with Gasteiger partial charge in [-0.1, -0.05) is 0 Å². The lowest BCUT2D eigenvalue weighted by molar-refractivity contribution is 0.387. The molecule has 0 spiro atoms. The SMILES string of the molecule is COc1cc(CCc2cc(-c3cc(CCc4cc(OC)cc(OC)c4)c(OC)cc3OC)c(OC)cc2OC)cc(OC)c1. The molecule has 0 atom stereocenters. The van der Waals surface area contributed by atoms with Gasteiger partial charge in [-0.2, -0.15) is 0 Å². The highest BCUT2D eigenvalue weighted by molar-refractivity contribution is 5.79. The zero-order valence-corrected chi connectivity index (χ0v) is 26.9. The van der Waals surface area contributed by atoms with Gasteiger partial charge in [-0.05, 0) is 84.3 Å². The van der Waals surface area contributed by atoms with Crippen LogP contribution in [0, 0.1) is 0 Å². The molecule has 0 radical (unpaired) electrons. The molecule has 8 nitrogen and oxygen atoms in total. The van der Waals surface area contributed by atoms with Crippen molar-refractivity contribution in [2.75, 3.05) is 56.9 Å². The van der Waals surface area contributed by atoms with Crippen molar-refractivity contribution >= 4 is 0 Å². The van der Waals surface area contributed by atoms with Crippen LogP contribution in [0.5, 0.6) is 46.0 Å². The van der Waals surface area contributed by atoms with Crippen LogP contribution >= 0.6 is 0 Å². The van der Waals surface area contributed by atoms with Crippen LogP contribution < -0.4 is 37.9 Å². The topological polar surface area (TPSA) is 73.8 Å². The summed E-state index contributed by atoms with van der Waals surface area (Å²) >= 11 is 0. The first-order valence-corrected chi connectivity index (χ1v) is 14.3. The van der Waals surface area contributed by atoms with Crippen LogP contribution in [0.25, 0.3) is 11.1 Å². The smallest absolute Gasteiger partial charge is 0.130 e. The fraction of sp³-hybridized carbons (Fsp3) is 0.333. The maximum absolute atomic E-state index is 5.87. The molecule has 4 aromatic rings. The molecule has 0 bridgehead atoms. The van der Waals surface area contributed by atoms with E-state index in [1.54, 1.807) is 56.9 Å². The molecule has 0 heterocycles. The molecule has 0 aliphatic rings. The number of methoxy groups -OCH3 is 8. The van der Waals surface area contributed by atoms with Crippen LogP contribution in [0.15, 0.2) is 60.7 Å². The molecule has 0 saturated carbocycles. The Bertz CT molecular complexity index is 1400. The highest BCUT2D eigenvalue weighted by atomic mass is 16.5. The monoisotopic (exact) mass is 602 g/mol. The molecule has 0 unspecified atom stereocenters. The Morgan fingerprint density at radius 3 is 0.909 bits per heavy atom. The minimum atomic E-state index is 0.681. The molecule has 0 aliphatic heterocycles. The number of rotatable bonds is 15. The van der Waals surface area contributed by atoms with Crippen molar-refractivity contribution < 1.29 is 37.9 Å². The van der Waals surface area contributed by atoms with Crippen LogP contribution in [-0.2, 0) is 25.7 Å². The summed E-state index contributed by atoms with van der Waals surface area (Å²) < 4.78 is 45.2. The Morgan fingerprint density at radius 2 is 0.636 bits per heavy atom. The van der Waals surface area contributed by atoms with E-state index < -0.39 is 0 Å². The predicted octanol–water partition coefficient (Wildman–Crippen LogP) is 6.99. The maximum Gasteiger partial charge on any atom is 0.130 e. The number of benzene rings is 4. The molecular formula is C36H42O8. The van der Waals surface area contributed by atoms with Crippen molar-refractivity contribution in [1.82, 2.24) is 0 Å². The second-order valence-electron chi connectivity index (χ2n) is 10.2. The largest absolute Gasteiger partial charge is 0.497 e. The molecule has 0 aliphatic carbocycles. The highest BCUT2D eigenvalue weighted by Gasteiger charge is 2.20. The van der Waals surface area contributed by atoms with E-state index in [-0.39, 0.29) is 0 Å². The lowest BCUT2D eigenvalue weighted by Gasteiger charge is -2.19. The van der Waals surface area contributed by atoms with Crippen LogP contribution in [0.2, 0.25) is 0 Å². The third kappa shape index (κ3) is 7.43. The molecule has 44 heavy (non-hydrogen) atoms. The van der Waals surface area contributed by atoms with Gasteiger partial charge in [-0.25, -0.2) is 0 Å². The van der Waals surface area contributed by atoms with Crippen LogP contribution in [0.4, 0.5) is 0 Å². The van der Waals surface area contributed by atoms with Crippen molar-refractivity contribution in [2.45, 2.75) is 25.7 Å². The zero-order chi connectivity index (χ0) is 31.6. The minimum Gasteiger partial charge on any atom is -0.497 e. The lowest BCUT2D eigenvalue weighted by Crippen LogP contribution is -2.02. The Hall–Kier alpha value is -4.72. The number of aryl methyl sites for hydroxylation is 4. The average Bonchev–Trinajstić information content (AvgIpc) is 3.08. The molecule has 0 fully saturated rings. The van der Waals surface area contributed by atoms with Gasteiger partial charge in [0, 0.05) is 35.4 Å². The van der Waals surface area contributed by atoms with E-state index in [4.69, 9.17) is 37.9 Å². The molecule has 234 valence electrons. The summed E-state index contributed by atoms with van der Waals surface area (Å²) in [6.45, 7) is 0. The van der Waals surface area contributed by atoms with Crippen LogP contribution in [-0.4, -0.2) is 56.9 Å². The summed E-state index contributed by atoms with van der Waals surface area (Å²) in [5.74, 6) is 5.88. The molecule has 0 N–H and O–H groups in total. The van der Waals surface area contributed by atoms with Gasteiger partial charge in [-0.15, -0.1) is 0 Å². The number of hydrogen-bond acceptors (Lipinski definition) is 8. The van der Waals surface area contributed by atoms with E-state index in [1.807, 2.05) is 48.5 Å². The Kier molecular flexibility index (Phi) is 11.1. The van der Waals surface area contributed by atoms with Gasteiger partial charge in [0.1, 0.15) is 46.0 Å². The molecule has 0 saturated heterocycles. The standard InChI is InChI=1S/C36H42O8/c1-37-27-13-23(14-28(19-27)38-2)9-11-25-17-31(35(43-7)21-33(25)41-5)32-18-26(34(42-6)22-36(32)44-8)12-10-24-15-29(39-3)20-30(16-24)40-4/h13-22H,9-12H2,1-8H3. The first kappa shape index (κ1) is 32.2. The fourth-order valence-electron chi connectivity index (χ4n) is 5.32. The number of hydrogen-bond donors (Lipinski definition) is 0. The van der Waals surface area contributed by atoms with Crippen molar-refractivity contribution in [3.8, 4) is 57.1 Å². The first-order valence-electron chi connectivity index (χ1n) is 14.3. The summed E-state index contributed by atoms with van der Waals surface area (Å²) in [6.07, 6.45) is 2.95. The quantitative estimate of drug-likeness (QED) is 0.144. The normalized spacial score (nSPS) is 10.6. The fourth-order valence-corrected chi connectivity index (χ4v) is 5.32. The van der Waals surface area contributed by atoms with Crippen molar-refractivity contribution in [3.05, 3.63) is 82.9 Å². The van der Waals surface area contributed by atoms with E-state index in [0.29, 0.717) is 11.5 Å². The van der Waals surface area contributed by atoms with Crippen molar-refractivity contribution in [1.29, 1.82) is 0 Å². The second-order valence-corrected chi connectivity index (χ2v) is 10.2. The summed E-state index contributed by atoms with van der Waals surface area (Å²) in [7, 11) is 13.3. The van der Waals surface area contributed by atoms with Crippen LogP contribution in [0.1, 0.15) is 22.3 Å². The van der Waals surface area contributed by atoms with Gasteiger partial charge in [-0.3, -0.25) is 0 Å². The van der Waals surface area contributed by atoms with E-state index in [0.717, 1.165) is 93.6 Å². The highest BCUT2D eigenvalue weighted by Crippen LogP contribution is 2.43. The summed E-state index contributed by atoms with van der Waals surface area (Å²) in [5, 5.41) is 0. The van der Waals surface area contributed by atoms with E-state index >= 15 is 0 Å². The molecule has 4 aromatic carbocycles. The van der Waals surface area contributed by atoms with Gasteiger partial charge >= 0.3 is 0 Å². The summed E-state index contributed by atoms with van der Waals surface area (Å²) in [6, 6.07) is 19.9. The van der Waals surface area contributed by atoms with Crippen LogP contribution in [0.3, 0.4) is 0 Å². The first-order chi connectivity index (χ1) is 21.4. The maximum atomic E-state index is 5.87. The Labute approximate surface area is 260 Å².